The van der Waals surface area contributed by atoms with Gasteiger partial charge in [-0.05, 0) is 24.6 Å². The first-order valence-corrected chi connectivity index (χ1v) is 9.96. The Morgan fingerprint density at radius 3 is 2.71 bits per heavy atom. The van der Waals surface area contributed by atoms with E-state index in [0.29, 0.717) is 11.3 Å². The van der Waals surface area contributed by atoms with Gasteiger partial charge in [0.15, 0.2) is 0 Å². The number of fused-ring (bicyclic) bond motifs is 1. The number of thiazole rings is 1. The van der Waals surface area contributed by atoms with E-state index in [1.165, 1.54) is 14.2 Å². The maximum Gasteiger partial charge on any atom is 0.338 e. The van der Waals surface area contributed by atoms with Crippen LogP contribution in [0.5, 0.6) is 5.75 Å². The van der Waals surface area contributed by atoms with E-state index in [2.05, 4.69) is 4.74 Å². The van der Waals surface area contributed by atoms with Gasteiger partial charge in [0.25, 0.3) is 5.56 Å². The third kappa shape index (κ3) is 3.83. The lowest BCUT2D eigenvalue weighted by Gasteiger charge is -2.25. The summed E-state index contributed by atoms with van der Waals surface area (Å²) in [7, 11) is 2.68. The number of hydrogen-bond donors (Lipinski definition) is 1. The molecule has 0 bridgehead atoms. The lowest BCUT2D eigenvalue weighted by molar-refractivity contribution is -0.136. The summed E-state index contributed by atoms with van der Waals surface area (Å²) in [4.78, 5) is 37.6. The summed E-state index contributed by atoms with van der Waals surface area (Å²) in [6, 6.07) is 8.86. The number of nitrogens with two attached hydrogens (primary N) is 1. The third-order valence-corrected chi connectivity index (χ3v) is 5.75. The molecule has 0 fully saturated rings. The third-order valence-electron chi connectivity index (χ3n) is 4.64. The maximum atomic E-state index is 13.0. The van der Waals surface area contributed by atoms with Gasteiger partial charge in [-0.25, -0.2) is 9.59 Å². The molecule has 0 amide bonds. The number of benzene rings is 1. The van der Waals surface area contributed by atoms with Crippen molar-refractivity contribution in [2.45, 2.75) is 12.8 Å². The van der Waals surface area contributed by atoms with E-state index in [9.17, 15) is 19.6 Å². The first-order valence-electron chi connectivity index (χ1n) is 9.14. The van der Waals surface area contributed by atoms with Gasteiger partial charge < -0.3 is 19.9 Å². The van der Waals surface area contributed by atoms with Gasteiger partial charge in [-0.1, -0.05) is 12.1 Å². The number of esters is 2. The molecular formula is C21H19N3O6S. The van der Waals surface area contributed by atoms with E-state index >= 15 is 0 Å². The average molecular weight is 441 g/mol. The van der Waals surface area contributed by atoms with E-state index < -0.39 is 23.4 Å². The summed E-state index contributed by atoms with van der Waals surface area (Å²) in [5, 5.41) is 9.88. The molecule has 2 heterocycles. The van der Waals surface area contributed by atoms with Gasteiger partial charge in [-0.2, -0.15) is 5.26 Å². The van der Waals surface area contributed by atoms with Crippen LogP contribution in [0.1, 0.15) is 18.4 Å². The van der Waals surface area contributed by atoms with Crippen LogP contribution in [-0.2, 0) is 19.1 Å². The second-order valence-electron chi connectivity index (χ2n) is 6.33. The Balaban J connectivity index is 2.47. The number of carbonyl (C=O) groups is 2. The highest BCUT2D eigenvalue weighted by Crippen LogP contribution is 2.37. The largest absolute Gasteiger partial charge is 0.497 e. The Morgan fingerprint density at radius 2 is 2.10 bits per heavy atom. The standard InChI is InChI=1S/C21H19N3O6S/c1-4-30-21(27)17-16(11-6-5-7-12(8-11)28-2)13(10-22)18(23)24-19(26)14(31-20(17)24)9-15(25)29-3/h5-9,16H,4,23H2,1-3H3/b14-9-. The van der Waals surface area contributed by atoms with E-state index in [1.807, 2.05) is 6.07 Å². The molecule has 1 unspecified atom stereocenters. The quantitative estimate of drug-likeness (QED) is 0.643. The second-order valence-corrected chi connectivity index (χ2v) is 7.36. The molecule has 0 saturated carbocycles. The predicted octanol–water partition coefficient (Wildman–Crippen LogP) is 0.0340. The van der Waals surface area contributed by atoms with Crippen molar-refractivity contribution in [3.63, 3.8) is 0 Å². The van der Waals surface area contributed by atoms with Gasteiger partial charge in [0.05, 0.1) is 44.0 Å². The highest BCUT2D eigenvalue weighted by molar-refractivity contribution is 7.07. The van der Waals surface area contributed by atoms with Crippen LogP contribution in [0.2, 0.25) is 0 Å². The maximum absolute atomic E-state index is 13.0. The zero-order valence-electron chi connectivity index (χ0n) is 17.0. The van der Waals surface area contributed by atoms with E-state index in [-0.39, 0.29) is 32.8 Å². The number of nitriles is 1. The lowest BCUT2D eigenvalue weighted by Crippen LogP contribution is -2.40. The number of allylic oxidation sites excluding steroid dienone is 1. The van der Waals surface area contributed by atoms with Crippen molar-refractivity contribution in [2.75, 3.05) is 20.8 Å². The van der Waals surface area contributed by atoms with Crippen molar-refractivity contribution in [1.82, 2.24) is 4.57 Å². The fourth-order valence-electron chi connectivity index (χ4n) is 3.27. The summed E-state index contributed by atoms with van der Waals surface area (Å²) in [6.45, 7) is 1.74. The van der Waals surface area contributed by atoms with Gasteiger partial charge in [-0.15, -0.1) is 11.3 Å². The zero-order chi connectivity index (χ0) is 22.7. The van der Waals surface area contributed by atoms with Crippen molar-refractivity contribution in [1.29, 1.82) is 5.26 Å². The second kappa shape index (κ2) is 8.89. The fraction of sp³-hybridized carbons (Fsp3) is 0.238. The molecule has 160 valence electrons. The zero-order valence-corrected chi connectivity index (χ0v) is 17.8. The first-order chi connectivity index (χ1) is 14.9. The molecule has 0 radical (unpaired) electrons. The van der Waals surface area contributed by atoms with Crippen LogP contribution < -0.4 is 25.2 Å². The number of carbonyl (C=O) groups excluding carboxylic acids is 2. The molecule has 1 aromatic carbocycles. The highest BCUT2D eigenvalue weighted by Gasteiger charge is 2.36. The van der Waals surface area contributed by atoms with Gasteiger partial charge in [-0.3, -0.25) is 9.36 Å². The first kappa shape index (κ1) is 21.9. The highest BCUT2D eigenvalue weighted by atomic mass is 32.1. The van der Waals surface area contributed by atoms with Gasteiger partial charge in [0.1, 0.15) is 20.8 Å². The number of rotatable bonds is 5. The minimum Gasteiger partial charge on any atom is -0.497 e. The topological polar surface area (TPSA) is 134 Å². The fourth-order valence-corrected chi connectivity index (χ4v) is 4.40. The van der Waals surface area contributed by atoms with Crippen LogP contribution in [0.25, 0.3) is 17.5 Å². The molecule has 9 nitrogen and oxygen atoms in total. The number of ether oxygens (including phenoxy) is 3. The van der Waals surface area contributed by atoms with Crippen molar-refractivity contribution < 1.29 is 23.8 Å². The summed E-state index contributed by atoms with van der Waals surface area (Å²) in [5.41, 5.74) is 6.22. The Bertz CT molecular complexity index is 1310. The predicted molar refractivity (Wildman–Crippen MR) is 113 cm³/mol. The van der Waals surface area contributed by atoms with Crippen LogP contribution in [0.15, 0.2) is 34.6 Å². The van der Waals surface area contributed by atoms with Gasteiger partial charge in [0, 0.05) is 6.08 Å². The van der Waals surface area contributed by atoms with Gasteiger partial charge in [0.2, 0.25) is 0 Å². The van der Waals surface area contributed by atoms with Crippen LogP contribution in [0.3, 0.4) is 0 Å². The molecule has 0 spiro atoms. The van der Waals surface area contributed by atoms with E-state index in [4.69, 9.17) is 15.2 Å². The molecule has 2 N–H and O–H groups in total. The molecule has 0 saturated heterocycles. The number of hydrogen-bond acceptors (Lipinski definition) is 9. The van der Waals surface area contributed by atoms with Gasteiger partial charge >= 0.3 is 11.9 Å². The minimum absolute atomic E-state index is 0.00771. The molecule has 31 heavy (non-hydrogen) atoms. The van der Waals surface area contributed by atoms with Crippen molar-refractivity contribution >= 4 is 40.7 Å². The van der Waals surface area contributed by atoms with Crippen molar-refractivity contribution in [3.8, 4) is 11.8 Å². The number of nitrogens with zero attached hydrogens (tertiary/aromatic N) is 2. The molecule has 3 rings (SSSR count). The Labute approximate surface area is 180 Å². The monoisotopic (exact) mass is 441 g/mol. The van der Waals surface area contributed by atoms with Crippen LogP contribution >= 0.6 is 11.3 Å². The molecule has 0 aliphatic carbocycles. The van der Waals surface area contributed by atoms with Crippen LogP contribution in [0, 0.1) is 11.3 Å². The molecule has 1 atom stereocenters. The molecule has 1 aliphatic rings. The van der Waals surface area contributed by atoms with Crippen LogP contribution in [0.4, 0.5) is 0 Å². The molecule has 1 aromatic heterocycles. The molecular weight excluding hydrogens is 422 g/mol. The Morgan fingerprint density at radius 1 is 1.35 bits per heavy atom. The van der Waals surface area contributed by atoms with Crippen LogP contribution in [-0.4, -0.2) is 37.3 Å². The Kier molecular flexibility index (Phi) is 6.27. The molecule has 10 heteroatoms. The smallest absolute Gasteiger partial charge is 0.338 e. The van der Waals surface area contributed by atoms with E-state index in [1.54, 1.807) is 31.2 Å². The normalized spacial score (nSPS) is 15.9. The molecule has 2 aromatic rings. The number of methoxy groups -OCH3 is 2. The Hall–Kier alpha value is -3.84. The number of aromatic nitrogens is 1. The van der Waals surface area contributed by atoms with Crippen molar-refractivity contribution in [3.05, 3.63) is 55.0 Å². The SMILES string of the molecule is CCOC(=O)C1=c2s/c(=C\C(=O)OC)c(=O)n2C(N)=C(C#N)C1c1cccc(OC)c1. The van der Waals surface area contributed by atoms with E-state index in [0.717, 1.165) is 22.0 Å². The summed E-state index contributed by atoms with van der Waals surface area (Å²) >= 11 is 0.894. The summed E-state index contributed by atoms with van der Waals surface area (Å²) in [5.74, 6) is -1.92. The summed E-state index contributed by atoms with van der Waals surface area (Å²) in [6.07, 6.45) is 1.01. The minimum atomic E-state index is -0.886. The lowest BCUT2D eigenvalue weighted by atomic mass is 9.84. The summed E-state index contributed by atoms with van der Waals surface area (Å²) < 4.78 is 16.3. The molecule has 1 aliphatic heterocycles. The average Bonchev–Trinajstić information content (AvgIpc) is 3.09. The van der Waals surface area contributed by atoms with Crippen molar-refractivity contribution in [2.24, 2.45) is 5.73 Å².